The molecule has 3 N–H and O–H groups in total. The number of guanidine groups is 1. The Morgan fingerprint density at radius 1 is 1.04 bits per heavy atom. The zero-order valence-corrected chi connectivity index (χ0v) is 15.4. The van der Waals surface area contributed by atoms with Gasteiger partial charge in [-0.15, -0.1) is 0 Å². The van der Waals surface area contributed by atoms with Crippen LogP contribution in [0.5, 0.6) is 5.75 Å². The maximum absolute atomic E-state index is 6.01. The number of ether oxygens (including phenoxy) is 1. The molecule has 1 heterocycles. The SMILES string of the molecule is COc1ccccc1NC(N)=NCc1ccc(CN2CCCCC2)cc1. The fourth-order valence-electron chi connectivity index (χ4n) is 3.23. The third-order valence-electron chi connectivity index (χ3n) is 4.68. The molecular formula is C21H28N4O. The van der Waals surface area contributed by atoms with Crippen LogP contribution in [0.15, 0.2) is 53.5 Å². The smallest absolute Gasteiger partial charge is 0.193 e. The van der Waals surface area contributed by atoms with Crippen molar-refractivity contribution in [3.63, 3.8) is 0 Å². The molecule has 0 aliphatic carbocycles. The van der Waals surface area contributed by atoms with E-state index in [1.54, 1.807) is 7.11 Å². The van der Waals surface area contributed by atoms with Gasteiger partial charge in [-0.05, 0) is 49.2 Å². The van der Waals surface area contributed by atoms with Gasteiger partial charge in [0.15, 0.2) is 5.96 Å². The Morgan fingerprint density at radius 2 is 1.73 bits per heavy atom. The summed E-state index contributed by atoms with van der Waals surface area (Å²) in [6, 6.07) is 16.3. The van der Waals surface area contributed by atoms with Crippen LogP contribution in [-0.2, 0) is 13.1 Å². The number of piperidine rings is 1. The lowest BCUT2D eigenvalue weighted by molar-refractivity contribution is 0.221. The number of nitrogens with two attached hydrogens (primary N) is 1. The van der Waals surface area contributed by atoms with Crippen molar-refractivity contribution in [2.24, 2.45) is 10.7 Å². The van der Waals surface area contributed by atoms with Crippen LogP contribution in [0.25, 0.3) is 0 Å². The quantitative estimate of drug-likeness (QED) is 0.616. The molecule has 0 aromatic heterocycles. The second kappa shape index (κ2) is 9.25. The summed E-state index contributed by atoms with van der Waals surface area (Å²) >= 11 is 0. The van der Waals surface area contributed by atoms with Gasteiger partial charge in [-0.1, -0.05) is 42.8 Å². The number of anilines is 1. The Morgan fingerprint density at radius 3 is 2.46 bits per heavy atom. The van der Waals surface area contributed by atoms with Crippen LogP contribution in [0.4, 0.5) is 5.69 Å². The summed E-state index contributed by atoms with van der Waals surface area (Å²) in [5, 5.41) is 3.09. The highest BCUT2D eigenvalue weighted by Gasteiger charge is 2.10. The summed E-state index contributed by atoms with van der Waals surface area (Å²) < 4.78 is 5.31. The fourth-order valence-corrected chi connectivity index (χ4v) is 3.23. The minimum Gasteiger partial charge on any atom is -0.495 e. The lowest BCUT2D eigenvalue weighted by Crippen LogP contribution is -2.29. The molecule has 3 rings (SSSR count). The first-order valence-electron chi connectivity index (χ1n) is 9.25. The maximum Gasteiger partial charge on any atom is 0.193 e. The molecule has 26 heavy (non-hydrogen) atoms. The Hall–Kier alpha value is -2.53. The predicted octanol–water partition coefficient (Wildman–Crippen LogP) is 3.61. The molecule has 0 spiro atoms. The zero-order chi connectivity index (χ0) is 18.2. The van der Waals surface area contributed by atoms with Crippen molar-refractivity contribution in [3.8, 4) is 5.75 Å². The van der Waals surface area contributed by atoms with E-state index in [4.69, 9.17) is 10.5 Å². The summed E-state index contributed by atoms with van der Waals surface area (Å²) in [5.41, 5.74) is 9.33. The molecule has 138 valence electrons. The van der Waals surface area contributed by atoms with Gasteiger partial charge in [0, 0.05) is 6.54 Å². The number of nitrogens with one attached hydrogen (secondary N) is 1. The van der Waals surface area contributed by atoms with Crippen LogP contribution in [0, 0.1) is 0 Å². The monoisotopic (exact) mass is 352 g/mol. The van der Waals surface area contributed by atoms with E-state index in [0.29, 0.717) is 12.5 Å². The lowest BCUT2D eigenvalue weighted by Gasteiger charge is -2.26. The van der Waals surface area contributed by atoms with E-state index < -0.39 is 0 Å². The van der Waals surface area contributed by atoms with Gasteiger partial charge in [0.1, 0.15) is 5.75 Å². The molecule has 0 saturated carbocycles. The number of hydrogen-bond donors (Lipinski definition) is 2. The molecule has 1 aliphatic rings. The van der Waals surface area contributed by atoms with Crippen molar-refractivity contribution in [2.75, 3.05) is 25.5 Å². The number of rotatable bonds is 6. The average molecular weight is 352 g/mol. The third-order valence-corrected chi connectivity index (χ3v) is 4.68. The summed E-state index contributed by atoms with van der Waals surface area (Å²) in [6.07, 6.45) is 4.02. The minimum atomic E-state index is 0.381. The predicted molar refractivity (Wildman–Crippen MR) is 108 cm³/mol. The number of nitrogens with zero attached hydrogens (tertiary/aromatic N) is 2. The fraction of sp³-hybridized carbons (Fsp3) is 0.381. The van der Waals surface area contributed by atoms with E-state index in [2.05, 4.69) is 39.5 Å². The number of para-hydroxylation sites is 2. The molecule has 0 unspecified atom stereocenters. The van der Waals surface area contributed by atoms with Crippen molar-refractivity contribution in [1.29, 1.82) is 0 Å². The summed E-state index contributed by atoms with van der Waals surface area (Å²) in [5.74, 6) is 1.12. The van der Waals surface area contributed by atoms with Gasteiger partial charge in [-0.3, -0.25) is 4.90 Å². The second-order valence-electron chi connectivity index (χ2n) is 6.68. The first-order valence-corrected chi connectivity index (χ1v) is 9.25. The molecule has 5 heteroatoms. The Labute approximate surface area is 155 Å². The van der Waals surface area contributed by atoms with E-state index in [9.17, 15) is 0 Å². The maximum atomic E-state index is 6.01. The molecule has 2 aromatic carbocycles. The molecule has 5 nitrogen and oxygen atoms in total. The number of methoxy groups -OCH3 is 1. The van der Waals surface area contributed by atoms with Crippen LogP contribution < -0.4 is 15.8 Å². The molecule has 1 aliphatic heterocycles. The first-order chi connectivity index (χ1) is 12.7. The largest absolute Gasteiger partial charge is 0.495 e. The molecule has 1 saturated heterocycles. The van der Waals surface area contributed by atoms with Crippen LogP contribution in [0.2, 0.25) is 0 Å². The van der Waals surface area contributed by atoms with Crippen LogP contribution >= 0.6 is 0 Å². The topological polar surface area (TPSA) is 62.9 Å². The standard InChI is InChI=1S/C21H28N4O/c1-26-20-8-4-3-7-19(20)24-21(22)23-15-17-9-11-18(12-10-17)16-25-13-5-2-6-14-25/h3-4,7-12H,2,5-6,13-16H2,1H3,(H3,22,23,24). The lowest BCUT2D eigenvalue weighted by atomic mass is 10.1. The summed E-state index contributed by atoms with van der Waals surface area (Å²) in [4.78, 5) is 6.96. The van der Waals surface area contributed by atoms with Crippen molar-refractivity contribution in [2.45, 2.75) is 32.4 Å². The van der Waals surface area contributed by atoms with Gasteiger partial charge >= 0.3 is 0 Å². The Kier molecular flexibility index (Phi) is 6.50. The van der Waals surface area contributed by atoms with Crippen LogP contribution in [0.1, 0.15) is 30.4 Å². The molecule has 0 atom stereocenters. The summed E-state index contributed by atoms with van der Waals surface area (Å²) in [7, 11) is 1.64. The van der Waals surface area contributed by atoms with Crippen LogP contribution in [-0.4, -0.2) is 31.1 Å². The van der Waals surface area contributed by atoms with Crippen molar-refractivity contribution >= 4 is 11.6 Å². The Balaban J connectivity index is 1.54. The highest BCUT2D eigenvalue weighted by molar-refractivity contribution is 5.93. The zero-order valence-electron chi connectivity index (χ0n) is 15.4. The minimum absolute atomic E-state index is 0.381. The van der Waals surface area contributed by atoms with Crippen molar-refractivity contribution < 1.29 is 4.74 Å². The number of benzene rings is 2. The molecule has 0 bridgehead atoms. The average Bonchev–Trinajstić information content (AvgIpc) is 2.69. The van der Waals surface area contributed by atoms with E-state index in [1.165, 1.54) is 37.9 Å². The van der Waals surface area contributed by atoms with Gasteiger partial charge in [0.2, 0.25) is 0 Å². The molecule has 2 aromatic rings. The summed E-state index contributed by atoms with van der Waals surface area (Å²) in [6.45, 7) is 4.04. The molecule has 0 amide bonds. The van der Waals surface area contributed by atoms with Crippen molar-refractivity contribution in [3.05, 3.63) is 59.7 Å². The van der Waals surface area contributed by atoms with Crippen LogP contribution in [0.3, 0.4) is 0 Å². The van der Waals surface area contributed by atoms with Gasteiger partial charge in [-0.2, -0.15) is 0 Å². The van der Waals surface area contributed by atoms with Gasteiger partial charge in [-0.25, -0.2) is 4.99 Å². The molecule has 1 fully saturated rings. The van der Waals surface area contributed by atoms with Gasteiger partial charge < -0.3 is 15.8 Å². The highest BCUT2D eigenvalue weighted by atomic mass is 16.5. The number of likely N-dealkylation sites (tertiary alicyclic amines) is 1. The molecular weight excluding hydrogens is 324 g/mol. The van der Waals surface area contributed by atoms with Crippen molar-refractivity contribution in [1.82, 2.24) is 4.90 Å². The highest BCUT2D eigenvalue weighted by Crippen LogP contribution is 2.22. The first kappa shape index (κ1) is 18.3. The van der Waals surface area contributed by atoms with E-state index in [1.807, 2.05) is 24.3 Å². The normalized spacial score (nSPS) is 15.7. The number of hydrogen-bond acceptors (Lipinski definition) is 3. The third kappa shape index (κ3) is 5.23. The van der Waals surface area contributed by atoms with E-state index in [-0.39, 0.29) is 0 Å². The molecule has 0 radical (unpaired) electrons. The second-order valence-corrected chi connectivity index (χ2v) is 6.68. The number of aliphatic imine (C=N–C) groups is 1. The van der Waals surface area contributed by atoms with Gasteiger partial charge in [0.05, 0.1) is 19.3 Å². The van der Waals surface area contributed by atoms with Gasteiger partial charge in [0.25, 0.3) is 0 Å². The van der Waals surface area contributed by atoms with E-state index >= 15 is 0 Å². The van der Waals surface area contributed by atoms with E-state index in [0.717, 1.165) is 23.5 Å². The Bertz CT molecular complexity index is 721.